The molecule has 0 radical (unpaired) electrons. The number of rotatable bonds is 6. The summed E-state index contributed by atoms with van der Waals surface area (Å²) in [4.78, 5) is 25.2. The molecule has 0 aliphatic carbocycles. The van der Waals surface area contributed by atoms with Gasteiger partial charge in [0.25, 0.3) is 0 Å². The van der Waals surface area contributed by atoms with Crippen molar-refractivity contribution in [2.75, 3.05) is 6.61 Å². The van der Waals surface area contributed by atoms with Crippen LogP contribution in [-0.4, -0.2) is 36.0 Å². The van der Waals surface area contributed by atoms with Crippen LogP contribution in [0.4, 0.5) is 0 Å². The number of benzene rings is 1. The zero-order valence-corrected chi connectivity index (χ0v) is 12.7. The quantitative estimate of drug-likeness (QED) is 0.756. The predicted molar refractivity (Wildman–Crippen MR) is 80.7 cm³/mol. The second kappa shape index (κ2) is 7.36. The van der Waals surface area contributed by atoms with E-state index in [4.69, 9.17) is 4.74 Å². The van der Waals surface area contributed by atoms with E-state index in [1.807, 2.05) is 30.3 Å². The van der Waals surface area contributed by atoms with Crippen LogP contribution in [0.2, 0.25) is 0 Å². The van der Waals surface area contributed by atoms with E-state index in [2.05, 4.69) is 13.8 Å². The summed E-state index contributed by atoms with van der Waals surface area (Å²) in [5.74, 6) is 0.485. The highest BCUT2D eigenvalue weighted by atomic mass is 16.5. The van der Waals surface area contributed by atoms with E-state index < -0.39 is 6.23 Å². The molecule has 1 saturated heterocycles. The van der Waals surface area contributed by atoms with Gasteiger partial charge in [0.15, 0.2) is 12.5 Å². The minimum Gasteiger partial charge on any atom is -0.349 e. The summed E-state index contributed by atoms with van der Waals surface area (Å²) in [5.41, 5.74) is 1.15. The van der Waals surface area contributed by atoms with Gasteiger partial charge in [-0.15, -0.1) is 0 Å². The number of hydrogen-bond acceptors (Lipinski definition) is 3. The van der Waals surface area contributed by atoms with Crippen molar-refractivity contribution in [1.82, 2.24) is 4.90 Å². The third kappa shape index (κ3) is 4.14. The summed E-state index contributed by atoms with van der Waals surface area (Å²) in [6, 6.07) is 9.94. The van der Waals surface area contributed by atoms with Gasteiger partial charge in [-0.05, 0) is 24.3 Å². The van der Waals surface area contributed by atoms with E-state index >= 15 is 0 Å². The summed E-state index contributed by atoms with van der Waals surface area (Å²) in [6.07, 6.45) is 2.02. The summed E-state index contributed by atoms with van der Waals surface area (Å²) in [6.45, 7) is 4.60. The molecule has 1 unspecified atom stereocenters. The van der Waals surface area contributed by atoms with Gasteiger partial charge in [0, 0.05) is 6.42 Å². The van der Waals surface area contributed by atoms with Crippen molar-refractivity contribution in [2.45, 2.75) is 45.4 Å². The van der Waals surface area contributed by atoms with Crippen LogP contribution >= 0.6 is 0 Å². The topological polar surface area (TPSA) is 46.6 Å². The largest absolute Gasteiger partial charge is 0.349 e. The normalized spacial score (nSPS) is 21.8. The SMILES string of the molecule is CC(C)CCC(=O)N1C(C=O)OC[C@@H]1Cc1ccccc1. The highest BCUT2D eigenvalue weighted by Gasteiger charge is 2.37. The lowest BCUT2D eigenvalue weighted by atomic mass is 10.0. The summed E-state index contributed by atoms with van der Waals surface area (Å²) < 4.78 is 5.46. The standard InChI is InChI=1S/C17H23NO3/c1-13(2)8-9-16(20)18-15(12-21-17(18)11-19)10-14-6-4-3-5-7-14/h3-7,11,13,15,17H,8-10,12H2,1-2H3/t15-,17?/m0/s1. The summed E-state index contributed by atoms with van der Waals surface area (Å²) >= 11 is 0. The molecule has 1 heterocycles. The Hall–Kier alpha value is -1.68. The smallest absolute Gasteiger partial charge is 0.225 e. The maximum absolute atomic E-state index is 12.4. The van der Waals surface area contributed by atoms with Crippen LogP contribution in [0.15, 0.2) is 30.3 Å². The minimum atomic E-state index is -0.724. The summed E-state index contributed by atoms with van der Waals surface area (Å²) in [5, 5.41) is 0. The van der Waals surface area contributed by atoms with Gasteiger partial charge in [-0.25, -0.2) is 0 Å². The van der Waals surface area contributed by atoms with E-state index in [9.17, 15) is 9.59 Å². The molecule has 1 aliphatic rings. The molecule has 4 heteroatoms. The van der Waals surface area contributed by atoms with Crippen LogP contribution in [0.1, 0.15) is 32.3 Å². The number of amides is 1. The predicted octanol–water partition coefficient (Wildman–Crippen LogP) is 2.42. The molecule has 2 rings (SSSR count). The lowest BCUT2D eigenvalue weighted by Crippen LogP contribution is -2.43. The fraction of sp³-hybridized carbons (Fsp3) is 0.529. The first-order valence-electron chi connectivity index (χ1n) is 7.53. The molecule has 1 fully saturated rings. The van der Waals surface area contributed by atoms with Crippen molar-refractivity contribution >= 4 is 12.2 Å². The Balaban J connectivity index is 2.05. The highest BCUT2D eigenvalue weighted by Crippen LogP contribution is 2.22. The first-order valence-corrected chi connectivity index (χ1v) is 7.53. The monoisotopic (exact) mass is 289 g/mol. The van der Waals surface area contributed by atoms with E-state index in [0.717, 1.165) is 24.7 Å². The Morgan fingerprint density at radius 1 is 1.38 bits per heavy atom. The number of ether oxygens (including phenoxy) is 1. The fourth-order valence-electron chi connectivity index (χ4n) is 2.61. The number of nitrogens with zero attached hydrogens (tertiary/aromatic N) is 1. The van der Waals surface area contributed by atoms with Crippen molar-refractivity contribution in [3.63, 3.8) is 0 Å². The molecule has 2 atom stereocenters. The van der Waals surface area contributed by atoms with Crippen molar-refractivity contribution < 1.29 is 14.3 Å². The number of carbonyl (C=O) groups is 2. The maximum Gasteiger partial charge on any atom is 0.225 e. The van der Waals surface area contributed by atoms with Gasteiger partial charge in [-0.3, -0.25) is 9.59 Å². The Morgan fingerprint density at radius 2 is 2.10 bits per heavy atom. The van der Waals surface area contributed by atoms with E-state index in [1.165, 1.54) is 0 Å². The van der Waals surface area contributed by atoms with Crippen LogP contribution in [0, 0.1) is 5.92 Å². The molecule has 0 N–H and O–H groups in total. The Morgan fingerprint density at radius 3 is 2.71 bits per heavy atom. The lowest BCUT2D eigenvalue weighted by Gasteiger charge is -2.26. The van der Waals surface area contributed by atoms with Crippen LogP contribution in [0.25, 0.3) is 0 Å². The second-order valence-corrected chi connectivity index (χ2v) is 5.94. The number of hydrogen-bond donors (Lipinski definition) is 0. The van der Waals surface area contributed by atoms with Crippen LogP contribution in [-0.2, 0) is 20.7 Å². The molecule has 1 aromatic rings. The average molecular weight is 289 g/mol. The molecule has 0 saturated carbocycles. The Labute approximate surface area is 126 Å². The van der Waals surface area contributed by atoms with Crippen molar-refractivity contribution in [2.24, 2.45) is 5.92 Å². The van der Waals surface area contributed by atoms with Gasteiger partial charge in [-0.2, -0.15) is 0 Å². The molecule has 1 aliphatic heterocycles. The van der Waals surface area contributed by atoms with Crippen molar-refractivity contribution in [1.29, 1.82) is 0 Å². The fourth-order valence-corrected chi connectivity index (χ4v) is 2.61. The molecule has 21 heavy (non-hydrogen) atoms. The highest BCUT2D eigenvalue weighted by molar-refractivity contribution is 5.80. The molecule has 114 valence electrons. The first kappa shape index (κ1) is 15.7. The lowest BCUT2D eigenvalue weighted by molar-refractivity contribution is -0.142. The zero-order valence-electron chi connectivity index (χ0n) is 12.7. The number of aldehydes is 1. The van der Waals surface area contributed by atoms with Crippen molar-refractivity contribution in [3.05, 3.63) is 35.9 Å². The molecular formula is C17H23NO3. The molecule has 4 nitrogen and oxygen atoms in total. The van der Waals surface area contributed by atoms with E-state index in [-0.39, 0.29) is 11.9 Å². The third-order valence-corrected chi connectivity index (χ3v) is 3.78. The maximum atomic E-state index is 12.4. The molecule has 1 amide bonds. The third-order valence-electron chi connectivity index (χ3n) is 3.78. The average Bonchev–Trinajstić information content (AvgIpc) is 2.88. The van der Waals surface area contributed by atoms with Gasteiger partial charge in [0.2, 0.25) is 5.91 Å². The van der Waals surface area contributed by atoms with Crippen LogP contribution < -0.4 is 0 Å². The van der Waals surface area contributed by atoms with E-state index in [0.29, 0.717) is 18.9 Å². The van der Waals surface area contributed by atoms with Crippen LogP contribution in [0.5, 0.6) is 0 Å². The summed E-state index contributed by atoms with van der Waals surface area (Å²) in [7, 11) is 0. The Bertz CT molecular complexity index is 472. The second-order valence-electron chi connectivity index (χ2n) is 5.94. The van der Waals surface area contributed by atoms with Crippen LogP contribution in [0.3, 0.4) is 0 Å². The van der Waals surface area contributed by atoms with Crippen molar-refractivity contribution in [3.8, 4) is 0 Å². The van der Waals surface area contributed by atoms with E-state index in [1.54, 1.807) is 4.90 Å². The molecule has 1 aromatic carbocycles. The van der Waals surface area contributed by atoms with Gasteiger partial charge >= 0.3 is 0 Å². The molecule has 0 spiro atoms. The van der Waals surface area contributed by atoms with Gasteiger partial charge in [-0.1, -0.05) is 44.2 Å². The van der Waals surface area contributed by atoms with Gasteiger partial charge < -0.3 is 9.64 Å². The zero-order chi connectivity index (χ0) is 15.2. The molecule has 0 bridgehead atoms. The Kier molecular flexibility index (Phi) is 5.51. The van der Waals surface area contributed by atoms with Gasteiger partial charge in [0.05, 0.1) is 12.6 Å². The van der Waals surface area contributed by atoms with Gasteiger partial charge in [0.1, 0.15) is 0 Å². The molecular weight excluding hydrogens is 266 g/mol. The molecule has 0 aromatic heterocycles. The minimum absolute atomic E-state index is 0.0132. The number of carbonyl (C=O) groups excluding carboxylic acids is 2. The first-order chi connectivity index (χ1) is 10.1.